The van der Waals surface area contributed by atoms with Crippen LogP contribution in [0.5, 0.6) is 5.88 Å². The number of nitrogens with two attached hydrogens (primary N) is 1. The third kappa shape index (κ3) is 7.76. The van der Waals surface area contributed by atoms with Crippen LogP contribution < -0.4 is 26.4 Å². The number of unbranched alkanes of at least 4 members (excludes halogenated alkanes) is 2. The minimum absolute atomic E-state index is 0.0323. The number of hydrogen-bond acceptors (Lipinski definition) is 6. The Morgan fingerprint density at radius 2 is 1.91 bits per heavy atom. The summed E-state index contributed by atoms with van der Waals surface area (Å²) in [6, 6.07) is 3.27. The minimum Gasteiger partial charge on any atom is -0.471 e. The van der Waals surface area contributed by atoms with E-state index in [9.17, 15) is 14.0 Å². The maximum Gasteiger partial charge on any atom is 0.319 e. The zero-order chi connectivity index (χ0) is 23.7. The highest BCUT2D eigenvalue weighted by atomic mass is 32.1. The van der Waals surface area contributed by atoms with E-state index in [4.69, 9.17) is 10.5 Å². The van der Waals surface area contributed by atoms with Crippen molar-refractivity contribution in [1.29, 1.82) is 0 Å². The molecule has 5 N–H and O–H groups in total. The number of ether oxygens (including phenoxy) is 1. The van der Waals surface area contributed by atoms with Crippen molar-refractivity contribution < 1.29 is 18.7 Å². The lowest BCUT2D eigenvalue weighted by atomic mass is 10.1. The summed E-state index contributed by atoms with van der Waals surface area (Å²) in [5, 5.41) is 8.88. The van der Waals surface area contributed by atoms with Gasteiger partial charge in [-0.3, -0.25) is 10.1 Å². The molecule has 2 aromatic rings. The Morgan fingerprint density at radius 3 is 2.56 bits per heavy atom. The molecular weight excluding hydrogens is 433 g/mol. The van der Waals surface area contributed by atoms with Gasteiger partial charge in [0.1, 0.15) is 23.0 Å². The van der Waals surface area contributed by atoms with Gasteiger partial charge < -0.3 is 21.1 Å². The first-order chi connectivity index (χ1) is 15.2. The van der Waals surface area contributed by atoms with Crippen LogP contribution in [0.2, 0.25) is 0 Å². The highest BCUT2D eigenvalue weighted by molar-refractivity contribution is 7.11. The number of primary amides is 1. The molecule has 0 atom stereocenters. The van der Waals surface area contributed by atoms with Crippen molar-refractivity contribution >= 4 is 28.5 Å². The molecule has 1 aromatic carbocycles. The molecule has 0 saturated heterocycles. The van der Waals surface area contributed by atoms with Crippen LogP contribution in [0, 0.1) is 19.7 Å². The highest BCUT2D eigenvalue weighted by Gasteiger charge is 2.22. The standard InChI is InChI=1S/C22H32FN5O3S/c1-13(2)25-8-6-5-7-9-26-22(30)27-21-18(19(24)29)20(28-32-21)31-12-16-15(4)10-14(3)11-17(16)23/h10-11,13,25H,5-9,12H2,1-4H3,(H2,24,29)(H2,26,27,30). The zero-order valence-electron chi connectivity index (χ0n) is 19.0. The molecule has 0 spiro atoms. The number of carbonyl (C=O) groups excluding carboxylic acids is 2. The number of aryl methyl sites for hydroxylation is 2. The van der Waals surface area contributed by atoms with E-state index in [1.807, 2.05) is 6.07 Å². The summed E-state index contributed by atoms with van der Waals surface area (Å²) < 4.78 is 23.9. The SMILES string of the molecule is Cc1cc(C)c(COc2nsc(NC(=O)NCCCCCNC(C)C)c2C(N)=O)c(F)c1. The Hall–Kier alpha value is -2.72. The third-order valence-corrected chi connectivity index (χ3v) is 5.49. The van der Waals surface area contributed by atoms with E-state index in [1.54, 1.807) is 13.8 Å². The van der Waals surface area contributed by atoms with Gasteiger partial charge in [0.25, 0.3) is 5.91 Å². The Morgan fingerprint density at radius 1 is 1.19 bits per heavy atom. The van der Waals surface area contributed by atoms with Gasteiger partial charge >= 0.3 is 6.03 Å². The van der Waals surface area contributed by atoms with Gasteiger partial charge in [-0.15, -0.1) is 0 Å². The van der Waals surface area contributed by atoms with E-state index >= 15 is 0 Å². The summed E-state index contributed by atoms with van der Waals surface area (Å²) in [6.45, 7) is 9.13. The van der Waals surface area contributed by atoms with Crippen LogP contribution in [0.4, 0.5) is 14.2 Å². The van der Waals surface area contributed by atoms with Crippen LogP contribution in [0.3, 0.4) is 0 Å². The third-order valence-electron chi connectivity index (χ3n) is 4.74. The molecule has 0 bridgehead atoms. The number of hydrogen-bond donors (Lipinski definition) is 4. The molecule has 32 heavy (non-hydrogen) atoms. The van der Waals surface area contributed by atoms with E-state index < -0.39 is 17.8 Å². The molecular formula is C22H32FN5O3S. The van der Waals surface area contributed by atoms with E-state index in [1.165, 1.54) is 6.07 Å². The molecule has 0 fully saturated rings. The topological polar surface area (TPSA) is 118 Å². The Kier molecular flexibility index (Phi) is 9.86. The van der Waals surface area contributed by atoms with Gasteiger partial charge in [-0.1, -0.05) is 26.3 Å². The Labute approximate surface area is 192 Å². The number of rotatable bonds is 12. The van der Waals surface area contributed by atoms with Gasteiger partial charge in [0.2, 0.25) is 5.88 Å². The van der Waals surface area contributed by atoms with Crippen molar-refractivity contribution in [1.82, 2.24) is 15.0 Å². The second-order valence-electron chi connectivity index (χ2n) is 7.94. The summed E-state index contributed by atoms with van der Waals surface area (Å²) in [5.41, 5.74) is 7.35. The Balaban J connectivity index is 1.90. The molecule has 10 heteroatoms. The van der Waals surface area contributed by atoms with Crippen molar-refractivity contribution in [3.05, 3.63) is 40.2 Å². The number of amides is 3. The Bertz CT molecular complexity index is 909. The van der Waals surface area contributed by atoms with E-state index in [-0.39, 0.29) is 23.1 Å². The molecule has 0 aliphatic carbocycles. The summed E-state index contributed by atoms with van der Waals surface area (Å²) in [4.78, 5) is 24.1. The molecule has 1 aromatic heterocycles. The van der Waals surface area contributed by atoms with Gasteiger partial charge in [0.05, 0.1) is 0 Å². The number of carbonyl (C=O) groups is 2. The first kappa shape index (κ1) is 25.5. The number of benzene rings is 1. The molecule has 0 aliphatic rings. The lowest BCUT2D eigenvalue weighted by Crippen LogP contribution is -2.30. The molecule has 8 nitrogen and oxygen atoms in total. The lowest BCUT2D eigenvalue weighted by Gasteiger charge is -2.10. The van der Waals surface area contributed by atoms with Crippen LogP contribution in [-0.4, -0.2) is 35.4 Å². The summed E-state index contributed by atoms with van der Waals surface area (Å²) in [6.07, 6.45) is 2.86. The molecule has 0 aliphatic heterocycles. The average molecular weight is 466 g/mol. The summed E-state index contributed by atoms with van der Waals surface area (Å²) >= 11 is 0.882. The maximum atomic E-state index is 14.2. The zero-order valence-corrected chi connectivity index (χ0v) is 19.8. The van der Waals surface area contributed by atoms with Gasteiger partial charge in [0.15, 0.2) is 0 Å². The fraction of sp³-hybridized carbons (Fsp3) is 0.500. The van der Waals surface area contributed by atoms with Crippen molar-refractivity contribution in [2.45, 2.75) is 59.6 Å². The molecule has 2 rings (SSSR count). The molecule has 0 radical (unpaired) electrons. The first-order valence-corrected chi connectivity index (χ1v) is 11.4. The molecule has 0 unspecified atom stereocenters. The summed E-state index contributed by atoms with van der Waals surface area (Å²) in [5.74, 6) is -1.21. The van der Waals surface area contributed by atoms with Crippen molar-refractivity contribution in [2.24, 2.45) is 5.73 Å². The van der Waals surface area contributed by atoms with Crippen LogP contribution in [0.1, 0.15) is 60.2 Å². The number of nitrogens with zero attached hydrogens (tertiary/aromatic N) is 1. The monoisotopic (exact) mass is 465 g/mol. The number of halogens is 1. The quantitative estimate of drug-likeness (QED) is 0.355. The number of nitrogens with one attached hydrogen (secondary N) is 3. The summed E-state index contributed by atoms with van der Waals surface area (Å²) in [7, 11) is 0. The average Bonchev–Trinajstić information content (AvgIpc) is 3.08. The predicted molar refractivity (Wildman–Crippen MR) is 125 cm³/mol. The number of aromatic nitrogens is 1. The molecule has 176 valence electrons. The van der Waals surface area contributed by atoms with Gasteiger partial charge in [-0.25, -0.2) is 9.18 Å². The number of urea groups is 1. The van der Waals surface area contributed by atoms with Gasteiger partial charge in [0, 0.05) is 18.2 Å². The van der Waals surface area contributed by atoms with Crippen LogP contribution in [0.15, 0.2) is 12.1 Å². The van der Waals surface area contributed by atoms with Crippen LogP contribution in [-0.2, 0) is 6.61 Å². The predicted octanol–water partition coefficient (Wildman–Crippen LogP) is 3.87. The van der Waals surface area contributed by atoms with Crippen molar-refractivity contribution in [3.63, 3.8) is 0 Å². The van der Waals surface area contributed by atoms with E-state index in [2.05, 4.69) is 34.2 Å². The van der Waals surface area contributed by atoms with Crippen LogP contribution in [0.25, 0.3) is 0 Å². The van der Waals surface area contributed by atoms with E-state index in [0.717, 1.165) is 48.5 Å². The van der Waals surface area contributed by atoms with Crippen LogP contribution >= 0.6 is 11.5 Å². The second kappa shape index (κ2) is 12.4. The largest absolute Gasteiger partial charge is 0.471 e. The first-order valence-electron chi connectivity index (χ1n) is 10.6. The fourth-order valence-corrected chi connectivity index (χ4v) is 3.85. The molecule has 1 heterocycles. The fourth-order valence-electron chi connectivity index (χ4n) is 3.11. The normalized spacial score (nSPS) is 10.9. The smallest absolute Gasteiger partial charge is 0.319 e. The lowest BCUT2D eigenvalue weighted by molar-refractivity contribution is 0.0996. The maximum absolute atomic E-state index is 14.2. The van der Waals surface area contributed by atoms with E-state index in [0.29, 0.717) is 18.2 Å². The highest BCUT2D eigenvalue weighted by Crippen LogP contribution is 2.31. The van der Waals surface area contributed by atoms with Crippen molar-refractivity contribution in [3.8, 4) is 5.88 Å². The van der Waals surface area contributed by atoms with Crippen molar-refractivity contribution in [2.75, 3.05) is 18.4 Å². The second-order valence-corrected chi connectivity index (χ2v) is 8.71. The minimum atomic E-state index is -0.789. The van der Waals surface area contributed by atoms with Gasteiger partial charge in [-0.2, -0.15) is 4.37 Å². The number of anilines is 1. The molecule has 0 saturated carbocycles. The molecule has 3 amide bonds. The van der Waals surface area contributed by atoms with Gasteiger partial charge in [-0.05, 0) is 62.0 Å².